The summed E-state index contributed by atoms with van der Waals surface area (Å²) in [5.74, 6) is -0.584. The molecular formula is C20H27N3O3. The van der Waals surface area contributed by atoms with E-state index in [2.05, 4.69) is 5.32 Å². The lowest BCUT2D eigenvalue weighted by atomic mass is 9.81. The second kappa shape index (κ2) is 7.89. The number of likely N-dealkylation sites (tertiary alicyclic amines) is 1. The largest absolute Gasteiger partial charge is 0.378 e. The van der Waals surface area contributed by atoms with Crippen LogP contribution in [0.4, 0.5) is 5.69 Å². The Labute approximate surface area is 154 Å². The molecule has 0 spiro atoms. The Hall–Kier alpha value is -2.37. The van der Waals surface area contributed by atoms with Crippen LogP contribution in [0, 0.1) is 11.8 Å². The summed E-state index contributed by atoms with van der Waals surface area (Å²) < 4.78 is 0. The normalized spacial score (nSPS) is 22.3. The molecular weight excluding hydrogens is 330 g/mol. The van der Waals surface area contributed by atoms with Crippen LogP contribution in [0.2, 0.25) is 0 Å². The Kier molecular flexibility index (Phi) is 5.59. The molecule has 2 fully saturated rings. The molecule has 1 aromatic carbocycles. The molecule has 26 heavy (non-hydrogen) atoms. The van der Waals surface area contributed by atoms with E-state index in [-0.39, 0.29) is 42.5 Å². The lowest BCUT2D eigenvalue weighted by molar-refractivity contribution is -0.140. The van der Waals surface area contributed by atoms with Crippen LogP contribution in [-0.2, 0) is 20.9 Å². The van der Waals surface area contributed by atoms with Gasteiger partial charge in [-0.3, -0.25) is 19.3 Å². The molecule has 1 aliphatic carbocycles. The van der Waals surface area contributed by atoms with Crippen LogP contribution in [0.25, 0.3) is 0 Å². The second-order valence-electron chi connectivity index (χ2n) is 7.41. The SMILES string of the molecule is CN(C)c1ccc(CNC(=O)CCN2C(=O)[C@H]3CCCC[C@@H]3C2=O)cc1. The van der Waals surface area contributed by atoms with Gasteiger partial charge in [-0.15, -0.1) is 0 Å². The summed E-state index contributed by atoms with van der Waals surface area (Å²) in [6.45, 7) is 0.635. The molecule has 1 aliphatic heterocycles. The van der Waals surface area contributed by atoms with Gasteiger partial charge >= 0.3 is 0 Å². The molecule has 2 atom stereocenters. The van der Waals surface area contributed by atoms with E-state index in [0.29, 0.717) is 6.54 Å². The maximum atomic E-state index is 12.4. The topological polar surface area (TPSA) is 69.7 Å². The van der Waals surface area contributed by atoms with Crippen molar-refractivity contribution in [2.75, 3.05) is 25.5 Å². The fraction of sp³-hybridized carbons (Fsp3) is 0.550. The van der Waals surface area contributed by atoms with Crippen molar-refractivity contribution >= 4 is 23.4 Å². The average molecular weight is 357 g/mol. The van der Waals surface area contributed by atoms with E-state index in [1.54, 1.807) is 0 Å². The van der Waals surface area contributed by atoms with Crippen LogP contribution in [0.5, 0.6) is 0 Å². The zero-order chi connectivity index (χ0) is 18.7. The Balaban J connectivity index is 1.46. The summed E-state index contributed by atoms with van der Waals surface area (Å²) in [5, 5.41) is 2.86. The number of carbonyl (C=O) groups excluding carboxylic acids is 3. The predicted molar refractivity (Wildman–Crippen MR) is 99.4 cm³/mol. The first kappa shape index (κ1) is 18.4. The molecule has 0 aromatic heterocycles. The van der Waals surface area contributed by atoms with Gasteiger partial charge in [-0.1, -0.05) is 25.0 Å². The number of amides is 3. The summed E-state index contributed by atoms with van der Waals surface area (Å²) in [7, 11) is 3.96. The Morgan fingerprint density at radius 1 is 1.08 bits per heavy atom. The third kappa shape index (κ3) is 3.89. The van der Waals surface area contributed by atoms with Gasteiger partial charge in [0.05, 0.1) is 11.8 Å². The fourth-order valence-corrected chi connectivity index (χ4v) is 3.87. The number of rotatable bonds is 6. The minimum Gasteiger partial charge on any atom is -0.378 e. The molecule has 3 amide bonds. The maximum Gasteiger partial charge on any atom is 0.233 e. The predicted octanol–water partition coefficient (Wildman–Crippen LogP) is 1.93. The first-order valence-electron chi connectivity index (χ1n) is 9.35. The number of fused-ring (bicyclic) bond motifs is 1. The highest BCUT2D eigenvalue weighted by molar-refractivity contribution is 6.05. The van der Waals surface area contributed by atoms with Gasteiger partial charge in [0, 0.05) is 39.3 Å². The van der Waals surface area contributed by atoms with E-state index in [4.69, 9.17) is 0 Å². The number of carbonyl (C=O) groups is 3. The quantitative estimate of drug-likeness (QED) is 0.790. The second-order valence-corrected chi connectivity index (χ2v) is 7.41. The van der Waals surface area contributed by atoms with Crippen molar-refractivity contribution in [2.45, 2.75) is 38.6 Å². The monoisotopic (exact) mass is 357 g/mol. The number of hydrogen-bond acceptors (Lipinski definition) is 4. The van der Waals surface area contributed by atoms with Gasteiger partial charge in [0.25, 0.3) is 0 Å². The van der Waals surface area contributed by atoms with Crippen LogP contribution in [0.3, 0.4) is 0 Å². The highest BCUT2D eigenvalue weighted by Crippen LogP contribution is 2.37. The molecule has 0 bridgehead atoms. The number of imide groups is 1. The van der Waals surface area contributed by atoms with Gasteiger partial charge in [0.1, 0.15) is 0 Å². The summed E-state index contributed by atoms with van der Waals surface area (Å²) >= 11 is 0. The zero-order valence-corrected chi connectivity index (χ0v) is 15.5. The highest BCUT2D eigenvalue weighted by atomic mass is 16.2. The van der Waals surface area contributed by atoms with Crippen LogP contribution < -0.4 is 10.2 Å². The summed E-state index contributed by atoms with van der Waals surface area (Å²) in [6, 6.07) is 7.97. The lowest BCUT2D eigenvalue weighted by Gasteiger charge is -2.19. The van der Waals surface area contributed by atoms with Gasteiger partial charge < -0.3 is 10.2 Å². The number of hydrogen-bond donors (Lipinski definition) is 1. The third-order valence-corrected chi connectivity index (χ3v) is 5.44. The van der Waals surface area contributed by atoms with E-state index in [0.717, 1.165) is 36.9 Å². The van der Waals surface area contributed by atoms with Gasteiger partial charge in [-0.05, 0) is 30.5 Å². The molecule has 6 heteroatoms. The van der Waals surface area contributed by atoms with E-state index in [1.165, 1.54) is 4.90 Å². The molecule has 1 heterocycles. The van der Waals surface area contributed by atoms with E-state index < -0.39 is 0 Å². The molecule has 2 aliphatic rings. The summed E-state index contributed by atoms with van der Waals surface area (Å²) in [4.78, 5) is 40.2. The molecule has 140 valence electrons. The van der Waals surface area contributed by atoms with Crippen molar-refractivity contribution < 1.29 is 14.4 Å². The first-order chi connectivity index (χ1) is 12.5. The fourth-order valence-electron chi connectivity index (χ4n) is 3.87. The Morgan fingerprint density at radius 2 is 1.65 bits per heavy atom. The number of anilines is 1. The molecule has 3 rings (SSSR count). The van der Waals surface area contributed by atoms with E-state index in [1.807, 2.05) is 43.3 Å². The van der Waals surface area contributed by atoms with Gasteiger partial charge in [0.15, 0.2) is 0 Å². The first-order valence-corrected chi connectivity index (χ1v) is 9.35. The van der Waals surface area contributed by atoms with E-state index in [9.17, 15) is 14.4 Å². The van der Waals surface area contributed by atoms with Crippen molar-refractivity contribution in [1.82, 2.24) is 10.2 Å². The van der Waals surface area contributed by atoms with E-state index >= 15 is 0 Å². The van der Waals surface area contributed by atoms with Crippen LogP contribution in [0.15, 0.2) is 24.3 Å². The smallest absolute Gasteiger partial charge is 0.233 e. The van der Waals surface area contributed by atoms with Gasteiger partial charge in [0.2, 0.25) is 17.7 Å². The standard InChI is InChI=1S/C20H27N3O3/c1-22(2)15-9-7-14(8-10-15)13-21-18(24)11-12-23-19(25)16-5-3-4-6-17(16)20(23)26/h7-10,16-17H,3-6,11-13H2,1-2H3,(H,21,24)/t16-,17-/m0/s1. The van der Waals surface area contributed by atoms with Crippen LogP contribution >= 0.6 is 0 Å². The Morgan fingerprint density at radius 3 is 2.19 bits per heavy atom. The molecule has 1 aromatic rings. The van der Waals surface area contributed by atoms with Gasteiger partial charge in [-0.25, -0.2) is 0 Å². The zero-order valence-electron chi connectivity index (χ0n) is 15.5. The van der Waals surface area contributed by atoms with Gasteiger partial charge in [-0.2, -0.15) is 0 Å². The molecule has 6 nitrogen and oxygen atoms in total. The number of nitrogens with one attached hydrogen (secondary N) is 1. The lowest BCUT2D eigenvalue weighted by Crippen LogP contribution is -2.35. The van der Waals surface area contributed by atoms with Crippen LogP contribution in [-0.4, -0.2) is 43.3 Å². The van der Waals surface area contributed by atoms with Crippen molar-refractivity contribution in [3.05, 3.63) is 29.8 Å². The third-order valence-electron chi connectivity index (χ3n) is 5.44. The Bertz CT molecular complexity index is 660. The highest BCUT2D eigenvalue weighted by Gasteiger charge is 2.47. The number of benzene rings is 1. The van der Waals surface area contributed by atoms with Crippen molar-refractivity contribution in [3.8, 4) is 0 Å². The molecule has 0 unspecified atom stereocenters. The minimum atomic E-state index is -0.144. The summed E-state index contributed by atoms with van der Waals surface area (Å²) in [6.07, 6.45) is 3.80. The van der Waals surface area contributed by atoms with Crippen molar-refractivity contribution in [3.63, 3.8) is 0 Å². The van der Waals surface area contributed by atoms with Crippen molar-refractivity contribution in [2.24, 2.45) is 11.8 Å². The molecule has 0 radical (unpaired) electrons. The van der Waals surface area contributed by atoms with Crippen LogP contribution in [0.1, 0.15) is 37.7 Å². The molecule has 1 saturated heterocycles. The maximum absolute atomic E-state index is 12.4. The molecule has 1 N–H and O–H groups in total. The van der Waals surface area contributed by atoms with Crippen molar-refractivity contribution in [1.29, 1.82) is 0 Å². The minimum absolute atomic E-state index is 0.0771. The molecule has 1 saturated carbocycles. The number of nitrogens with zero attached hydrogens (tertiary/aromatic N) is 2. The summed E-state index contributed by atoms with van der Waals surface area (Å²) in [5.41, 5.74) is 2.12. The average Bonchev–Trinajstić information content (AvgIpc) is 2.89.